The van der Waals surface area contributed by atoms with Crippen molar-refractivity contribution in [3.63, 3.8) is 0 Å². The van der Waals surface area contributed by atoms with Crippen LogP contribution < -0.4 is 10.1 Å². The van der Waals surface area contributed by atoms with Gasteiger partial charge in [0.1, 0.15) is 11.5 Å². The van der Waals surface area contributed by atoms with Gasteiger partial charge in [-0.05, 0) is 32.0 Å². The summed E-state index contributed by atoms with van der Waals surface area (Å²) in [6.45, 7) is 1.59. The van der Waals surface area contributed by atoms with E-state index in [0.29, 0.717) is 6.42 Å². The van der Waals surface area contributed by atoms with Gasteiger partial charge in [-0.1, -0.05) is 18.2 Å². The molecule has 0 aliphatic heterocycles. The van der Waals surface area contributed by atoms with E-state index in [-0.39, 0.29) is 11.8 Å². The number of rotatable bonds is 5. The highest BCUT2D eigenvalue weighted by Gasteiger charge is 2.14. The van der Waals surface area contributed by atoms with Crippen LogP contribution in [0, 0.1) is 0 Å². The number of nitrogens with one attached hydrogen (secondary N) is 1. The smallest absolute Gasteiger partial charge is 0.147 e. The highest BCUT2D eigenvalue weighted by Crippen LogP contribution is 2.18. The molecule has 0 spiro atoms. The third kappa shape index (κ3) is 3.06. The zero-order valence-corrected chi connectivity index (χ0v) is 9.41. The molecule has 1 aromatic rings. The van der Waals surface area contributed by atoms with Crippen molar-refractivity contribution >= 4 is 5.78 Å². The normalized spacial score (nSPS) is 12.2. The van der Waals surface area contributed by atoms with E-state index in [9.17, 15) is 4.79 Å². The Morgan fingerprint density at radius 2 is 2.13 bits per heavy atom. The molecular formula is C12H17NO2. The molecule has 0 fully saturated rings. The van der Waals surface area contributed by atoms with Crippen LogP contribution in [0.5, 0.6) is 5.75 Å². The van der Waals surface area contributed by atoms with E-state index < -0.39 is 0 Å². The molecule has 1 rings (SSSR count). The third-order valence-corrected chi connectivity index (χ3v) is 2.46. The number of para-hydroxylation sites is 1. The molecule has 82 valence electrons. The Kier molecular flexibility index (Phi) is 4.31. The summed E-state index contributed by atoms with van der Waals surface area (Å²) in [5, 5.41) is 3.00. The van der Waals surface area contributed by atoms with Gasteiger partial charge in [0.05, 0.1) is 13.2 Å². The number of hydrogen-bond donors (Lipinski definition) is 1. The first-order valence-electron chi connectivity index (χ1n) is 4.98. The second-order valence-electron chi connectivity index (χ2n) is 3.47. The average molecular weight is 207 g/mol. The Morgan fingerprint density at radius 3 is 2.67 bits per heavy atom. The second-order valence-corrected chi connectivity index (χ2v) is 3.47. The number of benzene rings is 1. The lowest BCUT2D eigenvalue weighted by Crippen LogP contribution is -2.34. The van der Waals surface area contributed by atoms with Crippen molar-refractivity contribution in [1.29, 1.82) is 0 Å². The van der Waals surface area contributed by atoms with Crippen LogP contribution in [-0.2, 0) is 11.2 Å². The minimum Gasteiger partial charge on any atom is -0.496 e. The predicted molar refractivity (Wildman–Crippen MR) is 60.2 cm³/mol. The fourth-order valence-corrected chi connectivity index (χ4v) is 1.54. The molecular weight excluding hydrogens is 190 g/mol. The molecule has 0 amide bonds. The molecule has 0 aromatic heterocycles. The first kappa shape index (κ1) is 11.7. The Labute approximate surface area is 90.4 Å². The van der Waals surface area contributed by atoms with Gasteiger partial charge in [0.15, 0.2) is 0 Å². The largest absolute Gasteiger partial charge is 0.496 e. The molecule has 1 aromatic carbocycles. The van der Waals surface area contributed by atoms with Crippen molar-refractivity contribution in [3.8, 4) is 5.75 Å². The van der Waals surface area contributed by atoms with E-state index in [1.807, 2.05) is 24.3 Å². The molecule has 3 heteroatoms. The van der Waals surface area contributed by atoms with Gasteiger partial charge in [-0.3, -0.25) is 4.79 Å². The maximum Gasteiger partial charge on any atom is 0.147 e. The summed E-state index contributed by atoms with van der Waals surface area (Å²) in [5.41, 5.74) is 1.05. The van der Waals surface area contributed by atoms with Crippen molar-refractivity contribution in [3.05, 3.63) is 29.8 Å². The van der Waals surface area contributed by atoms with Gasteiger partial charge in [0.25, 0.3) is 0 Å². The van der Waals surface area contributed by atoms with E-state index in [0.717, 1.165) is 11.3 Å². The zero-order chi connectivity index (χ0) is 11.3. The molecule has 0 saturated heterocycles. The van der Waals surface area contributed by atoms with Crippen molar-refractivity contribution in [1.82, 2.24) is 5.32 Å². The lowest BCUT2D eigenvalue weighted by Gasteiger charge is -2.14. The number of ether oxygens (including phenoxy) is 1. The number of carbonyl (C=O) groups excluding carboxylic acids is 1. The van der Waals surface area contributed by atoms with Crippen molar-refractivity contribution in [2.24, 2.45) is 0 Å². The molecule has 0 unspecified atom stereocenters. The van der Waals surface area contributed by atoms with E-state index >= 15 is 0 Å². The van der Waals surface area contributed by atoms with Gasteiger partial charge in [-0.2, -0.15) is 0 Å². The number of carbonyl (C=O) groups is 1. The molecule has 1 atom stereocenters. The fourth-order valence-electron chi connectivity index (χ4n) is 1.54. The summed E-state index contributed by atoms with van der Waals surface area (Å²) in [6, 6.07) is 7.62. The maximum atomic E-state index is 11.3. The molecule has 1 N–H and O–H groups in total. The Morgan fingerprint density at radius 1 is 1.47 bits per heavy atom. The quantitative estimate of drug-likeness (QED) is 0.793. The fraction of sp³-hybridized carbons (Fsp3) is 0.417. The molecule has 0 heterocycles. The topological polar surface area (TPSA) is 38.3 Å². The minimum atomic E-state index is -0.138. The number of likely N-dealkylation sites (N-methyl/N-ethyl adjacent to an activating group) is 1. The number of ketones is 1. The minimum absolute atomic E-state index is 0.138. The lowest BCUT2D eigenvalue weighted by atomic mass is 10.0. The summed E-state index contributed by atoms with van der Waals surface area (Å²) in [6.07, 6.45) is 0.663. The SMILES string of the molecule is CN[C@@H](Cc1ccccc1OC)C(C)=O. The standard InChI is InChI=1S/C12H17NO2/c1-9(14)11(13-2)8-10-6-4-5-7-12(10)15-3/h4-7,11,13H,8H2,1-3H3/t11-/m0/s1. The number of methoxy groups -OCH3 is 1. The molecule has 0 aliphatic rings. The Hall–Kier alpha value is -1.35. The summed E-state index contributed by atoms with van der Waals surface area (Å²) in [7, 11) is 3.43. The zero-order valence-electron chi connectivity index (χ0n) is 9.41. The van der Waals surface area contributed by atoms with E-state index in [1.165, 1.54) is 0 Å². The van der Waals surface area contributed by atoms with Crippen LogP contribution in [0.4, 0.5) is 0 Å². The second kappa shape index (κ2) is 5.51. The van der Waals surface area contributed by atoms with Crippen LogP contribution in [0.15, 0.2) is 24.3 Å². The van der Waals surface area contributed by atoms with Crippen LogP contribution in [0.25, 0.3) is 0 Å². The summed E-state index contributed by atoms with van der Waals surface area (Å²) >= 11 is 0. The molecule has 15 heavy (non-hydrogen) atoms. The highest BCUT2D eigenvalue weighted by molar-refractivity contribution is 5.81. The molecule has 0 saturated carbocycles. The van der Waals surface area contributed by atoms with Crippen LogP contribution >= 0.6 is 0 Å². The van der Waals surface area contributed by atoms with Crippen LogP contribution in [0.1, 0.15) is 12.5 Å². The van der Waals surface area contributed by atoms with Gasteiger partial charge in [-0.15, -0.1) is 0 Å². The van der Waals surface area contributed by atoms with Gasteiger partial charge >= 0.3 is 0 Å². The average Bonchev–Trinajstić information content (AvgIpc) is 2.25. The molecule has 0 radical (unpaired) electrons. The van der Waals surface area contributed by atoms with Crippen molar-refractivity contribution in [2.75, 3.05) is 14.2 Å². The molecule has 3 nitrogen and oxygen atoms in total. The van der Waals surface area contributed by atoms with Crippen LogP contribution in [-0.4, -0.2) is 26.0 Å². The first-order chi connectivity index (χ1) is 7.19. The van der Waals surface area contributed by atoms with Crippen LogP contribution in [0.3, 0.4) is 0 Å². The van der Waals surface area contributed by atoms with E-state index in [1.54, 1.807) is 21.1 Å². The Balaban J connectivity index is 2.82. The third-order valence-electron chi connectivity index (χ3n) is 2.46. The Bertz CT molecular complexity index is 336. The highest BCUT2D eigenvalue weighted by atomic mass is 16.5. The summed E-state index contributed by atoms with van der Waals surface area (Å²) in [5.74, 6) is 0.974. The monoisotopic (exact) mass is 207 g/mol. The molecule has 0 aliphatic carbocycles. The van der Waals surface area contributed by atoms with Crippen molar-refractivity contribution < 1.29 is 9.53 Å². The van der Waals surface area contributed by atoms with E-state index in [4.69, 9.17) is 4.74 Å². The van der Waals surface area contributed by atoms with Crippen molar-refractivity contribution in [2.45, 2.75) is 19.4 Å². The number of hydrogen-bond acceptors (Lipinski definition) is 3. The number of Topliss-reactive ketones (excluding diaryl/α,β-unsaturated/α-hetero) is 1. The van der Waals surface area contributed by atoms with Gasteiger partial charge in [0, 0.05) is 0 Å². The van der Waals surface area contributed by atoms with Gasteiger partial charge in [0.2, 0.25) is 0 Å². The van der Waals surface area contributed by atoms with E-state index in [2.05, 4.69) is 5.32 Å². The van der Waals surface area contributed by atoms with Gasteiger partial charge in [-0.25, -0.2) is 0 Å². The first-order valence-corrected chi connectivity index (χ1v) is 4.98. The predicted octanol–water partition coefficient (Wildman–Crippen LogP) is 1.41. The summed E-state index contributed by atoms with van der Waals surface area (Å²) in [4.78, 5) is 11.3. The maximum absolute atomic E-state index is 11.3. The lowest BCUT2D eigenvalue weighted by molar-refractivity contribution is -0.118. The van der Waals surface area contributed by atoms with Gasteiger partial charge < -0.3 is 10.1 Å². The summed E-state index contributed by atoms with van der Waals surface area (Å²) < 4.78 is 5.23. The molecule has 0 bridgehead atoms. The van der Waals surface area contributed by atoms with Crippen LogP contribution in [0.2, 0.25) is 0 Å².